The first-order valence-corrected chi connectivity index (χ1v) is 8.08. The molecule has 0 spiro atoms. The van der Waals surface area contributed by atoms with Gasteiger partial charge in [0.25, 0.3) is 0 Å². The highest BCUT2D eigenvalue weighted by Crippen LogP contribution is 2.36. The molecule has 5 nitrogen and oxygen atoms in total. The van der Waals surface area contributed by atoms with Crippen molar-refractivity contribution in [2.45, 2.75) is 25.2 Å². The fraction of sp³-hybridized carbons (Fsp3) is 0.500. The number of hydrogen-bond acceptors (Lipinski definition) is 5. The highest BCUT2D eigenvalue weighted by Gasteiger charge is 2.42. The largest absolute Gasteiger partial charge is 0.493 e. The van der Waals surface area contributed by atoms with E-state index in [1.165, 1.54) is 14.2 Å². The van der Waals surface area contributed by atoms with Crippen LogP contribution in [0.4, 0.5) is 0 Å². The molecule has 22 heavy (non-hydrogen) atoms. The van der Waals surface area contributed by atoms with Crippen LogP contribution in [0.2, 0.25) is 0 Å². The number of rotatable bonds is 8. The Hall–Kier alpha value is -1.74. The Bertz CT molecular complexity index is 556. The van der Waals surface area contributed by atoms with Crippen molar-refractivity contribution in [3.8, 4) is 17.6 Å². The van der Waals surface area contributed by atoms with Crippen LogP contribution in [0.15, 0.2) is 18.2 Å². The molecule has 0 aliphatic heterocycles. The molecule has 1 rings (SSSR count). The molecule has 0 fully saturated rings. The highest BCUT2D eigenvalue weighted by atomic mass is 79.9. The second-order valence-corrected chi connectivity index (χ2v) is 5.39. The predicted molar refractivity (Wildman–Crippen MR) is 86.5 cm³/mol. The quantitative estimate of drug-likeness (QED) is 0.519. The third-order valence-electron chi connectivity index (χ3n) is 3.38. The molecule has 1 atom stereocenters. The van der Waals surface area contributed by atoms with Gasteiger partial charge in [-0.15, -0.1) is 0 Å². The smallest absolute Gasteiger partial charge is 0.331 e. The number of nitrogens with zero attached hydrogens (tertiary/aromatic N) is 1. The molecule has 0 heterocycles. The Balaban J connectivity index is 3.37. The summed E-state index contributed by atoms with van der Waals surface area (Å²) in [6.45, 7) is 1.95. The minimum Gasteiger partial charge on any atom is -0.493 e. The van der Waals surface area contributed by atoms with E-state index in [-0.39, 0.29) is 6.61 Å². The predicted octanol–water partition coefficient (Wildman–Crippen LogP) is 3.20. The van der Waals surface area contributed by atoms with Gasteiger partial charge in [-0.1, -0.05) is 22.0 Å². The number of halogens is 1. The van der Waals surface area contributed by atoms with Gasteiger partial charge in [0, 0.05) is 5.33 Å². The second-order valence-electron chi connectivity index (χ2n) is 4.60. The molecule has 0 aromatic heterocycles. The zero-order valence-corrected chi connectivity index (χ0v) is 14.6. The lowest BCUT2D eigenvalue weighted by Gasteiger charge is -2.25. The number of carbonyl (C=O) groups is 1. The van der Waals surface area contributed by atoms with Crippen LogP contribution in [-0.4, -0.2) is 32.1 Å². The number of nitriles is 1. The van der Waals surface area contributed by atoms with Gasteiger partial charge in [0.1, 0.15) is 0 Å². The first kappa shape index (κ1) is 18.3. The van der Waals surface area contributed by atoms with Crippen molar-refractivity contribution < 1.29 is 19.0 Å². The van der Waals surface area contributed by atoms with Crippen molar-refractivity contribution in [1.82, 2.24) is 0 Å². The standard InChI is InChI=1S/C16H20BrNO4/c1-4-22-15(19)16(11-18,8-5-9-17)12-6-7-13(20-2)14(10-12)21-3/h6-7,10H,4-5,8-9H2,1-3H3. The Morgan fingerprint density at radius 1 is 1.32 bits per heavy atom. The van der Waals surface area contributed by atoms with Gasteiger partial charge in [0.15, 0.2) is 16.9 Å². The summed E-state index contributed by atoms with van der Waals surface area (Å²) in [5.41, 5.74) is -0.796. The number of esters is 1. The molecule has 1 aromatic carbocycles. The molecule has 120 valence electrons. The Labute approximate surface area is 139 Å². The van der Waals surface area contributed by atoms with Gasteiger partial charge < -0.3 is 14.2 Å². The van der Waals surface area contributed by atoms with E-state index >= 15 is 0 Å². The molecule has 0 saturated heterocycles. The summed E-state index contributed by atoms with van der Waals surface area (Å²) in [4.78, 5) is 12.4. The summed E-state index contributed by atoms with van der Waals surface area (Å²) in [5, 5.41) is 10.4. The summed E-state index contributed by atoms with van der Waals surface area (Å²) in [7, 11) is 3.05. The Morgan fingerprint density at radius 2 is 2.00 bits per heavy atom. The highest BCUT2D eigenvalue weighted by molar-refractivity contribution is 9.09. The van der Waals surface area contributed by atoms with E-state index in [1.54, 1.807) is 25.1 Å². The molecular formula is C16H20BrNO4. The number of alkyl halides is 1. The first-order chi connectivity index (χ1) is 10.6. The van der Waals surface area contributed by atoms with E-state index in [0.29, 0.717) is 35.2 Å². The van der Waals surface area contributed by atoms with Crippen LogP contribution in [-0.2, 0) is 14.9 Å². The van der Waals surface area contributed by atoms with Gasteiger partial charge in [-0.3, -0.25) is 0 Å². The summed E-state index contributed by atoms with van der Waals surface area (Å²) < 4.78 is 15.6. The topological polar surface area (TPSA) is 68.6 Å². The van der Waals surface area contributed by atoms with Crippen molar-refractivity contribution in [2.24, 2.45) is 0 Å². The third kappa shape index (κ3) is 3.72. The van der Waals surface area contributed by atoms with Gasteiger partial charge in [-0.2, -0.15) is 5.26 Å². The number of carbonyl (C=O) groups excluding carboxylic acids is 1. The van der Waals surface area contributed by atoms with Crippen molar-refractivity contribution >= 4 is 21.9 Å². The number of ether oxygens (including phenoxy) is 3. The van der Waals surface area contributed by atoms with E-state index in [9.17, 15) is 10.1 Å². The van der Waals surface area contributed by atoms with Crippen LogP contribution in [0.1, 0.15) is 25.3 Å². The first-order valence-electron chi connectivity index (χ1n) is 6.96. The zero-order valence-electron chi connectivity index (χ0n) is 13.0. The van der Waals surface area contributed by atoms with Crippen molar-refractivity contribution in [2.75, 3.05) is 26.2 Å². The second kappa shape index (κ2) is 8.64. The molecule has 0 amide bonds. The van der Waals surface area contributed by atoms with E-state index in [1.807, 2.05) is 0 Å². The molecule has 0 aliphatic carbocycles. The van der Waals surface area contributed by atoms with Gasteiger partial charge in [0.2, 0.25) is 0 Å². The molecule has 6 heteroatoms. The summed E-state index contributed by atoms with van der Waals surface area (Å²) >= 11 is 3.34. The lowest BCUT2D eigenvalue weighted by molar-refractivity contribution is -0.148. The van der Waals surface area contributed by atoms with Crippen LogP contribution in [0.25, 0.3) is 0 Å². The summed E-state index contributed by atoms with van der Waals surface area (Å²) in [5.74, 6) is 0.482. The lowest BCUT2D eigenvalue weighted by Crippen LogP contribution is -2.36. The van der Waals surface area contributed by atoms with Gasteiger partial charge in [0.05, 0.1) is 26.9 Å². The molecule has 0 saturated carbocycles. The van der Waals surface area contributed by atoms with E-state index in [2.05, 4.69) is 22.0 Å². The Kier molecular flexibility index (Phi) is 7.19. The minimum atomic E-state index is -1.34. The molecule has 0 bridgehead atoms. The molecule has 0 radical (unpaired) electrons. The zero-order chi connectivity index (χ0) is 16.6. The van der Waals surface area contributed by atoms with E-state index in [4.69, 9.17) is 14.2 Å². The maximum absolute atomic E-state index is 12.4. The Morgan fingerprint density at radius 3 is 2.50 bits per heavy atom. The molecule has 1 aromatic rings. The van der Waals surface area contributed by atoms with Crippen LogP contribution < -0.4 is 9.47 Å². The maximum atomic E-state index is 12.4. The van der Waals surface area contributed by atoms with Gasteiger partial charge >= 0.3 is 5.97 Å². The summed E-state index contributed by atoms with van der Waals surface area (Å²) in [6.07, 6.45) is 1.03. The van der Waals surface area contributed by atoms with E-state index in [0.717, 1.165) is 0 Å². The fourth-order valence-corrected chi connectivity index (χ4v) is 2.50. The maximum Gasteiger partial charge on any atom is 0.331 e. The normalized spacial score (nSPS) is 12.9. The monoisotopic (exact) mass is 369 g/mol. The van der Waals surface area contributed by atoms with Crippen molar-refractivity contribution in [3.05, 3.63) is 23.8 Å². The van der Waals surface area contributed by atoms with Gasteiger partial charge in [-0.05, 0) is 37.5 Å². The van der Waals surface area contributed by atoms with Crippen LogP contribution >= 0.6 is 15.9 Å². The SMILES string of the molecule is CCOC(=O)C(C#N)(CCCBr)c1ccc(OC)c(OC)c1. The minimum absolute atomic E-state index is 0.226. The number of benzene rings is 1. The van der Waals surface area contributed by atoms with Crippen molar-refractivity contribution in [1.29, 1.82) is 5.26 Å². The van der Waals surface area contributed by atoms with Gasteiger partial charge in [-0.25, -0.2) is 4.79 Å². The van der Waals surface area contributed by atoms with Crippen LogP contribution in [0.3, 0.4) is 0 Å². The molecular weight excluding hydrogens is 350 g/mol. The lowest BCUT2D eigenvalue weighted by atomic mass is 9.78. The molecule has 0 aliphatic rings. The molecule has 0 N–H and O–H groups in total. The molecule has 1 unspecified atom stereocenters. The average Bonchev–Trinajstić information content (AvgIpc) is 2.55. The average molecular weight is 370 g/mol. The number of hydrogen-bond donors (Lipinski definition) is 0. The van der Waals surface area contributed by atoms with Crippen LogP contribution in [0.5, 0.6) is 11.5 Å². The third-order valence-corrected chi connectivity index (χ3v) is 3.94. The fourth-order valence-electron chi connectivity index (χ4n) is 2.22. The summed E-state index contributed by atoms with van der Waals surface area (Å²) in [6, 6.07) is 7.20. The van der Waals surface area contributed by atoms with Crippen LogP contribution in [0, 0.1) is 11.3 Å². The van der Waals surface area contributed by atoms with Crippen molar-refractivity contribution in [3.63, 3.8) is 0 Å². The number of methoxy groups -OCH3 is 2. The van der Waals surface area contributed by atoms with E-state index < -0.39 is 11.4 Å².